The molecule has 0 saturated carbocycles. The van der Waals surface area contributed by atoms with Gasteiger partial charge in [0.25, 0.3) is 11.8 Å². The van der Waals surface area contributed by atoms with Crippen LogP contribution in [-0.2, 0) is 0 Å². The van der Waals surface area contributed by atoms with E-state index in [0.29, 0.717) is 53.3 Å². The van der Waals surface area contributed by atoms with E-state index in [1.54, 1.807) is 34.1 Å². The molecule has 1 aliphatic rings. The average Bonchev–Trinajstić information content (AvgIpc) is 2.98. The van der Waals surface area contributed by atoms with E-state index in [9.17, 15) is 14.7 Å². The van der Waals surface area contributed by atoms with Crippen LogP contribution in [0, 0.1) is 13.8 Å². The predicted octanol–water partition coefficient (Wildman–Crippen LogP) is 6.10. The third-order valence-electron chi connectivity index (χ3n) is 6.43. The summed E-state index contributed by atoms with van der Waals surface area (Å²) in [5, 5.41) is 11.1. The van der Waals surface area contributed by atoms with Gasteiger partial charge in [-0.25, -0.2) is 0 Å². The average molecular weight is 477 g/mol. The molecule has 1 heterocycles. The predicted molar refractivity (Wildman–Crippen MR) is 137 cm³/mol. The number of nitrogens with zero attached hydrogens (tertiary/aromatic N) is 2. The van der Waals surface area contributed by atoms with Crippen LogP contribution in [0.5, 0.6) is 0 Å². The fourth-order valence-corrected chi connectivity index (χ4v) is 4.75. The van der Waals surface area contributed by atoms with E-state index in [2.05, 4.69) is 0 Å². The van der Waals surface area contributed by atoms with Gasteiger partial charge in [0, 0.05) is 46.2 Å². The van der Waals surface area contributed by atoms with Gasteiger partial charge in [-0.3, -0.25) is 9.59 Å². The second-order valence-electron chi connectivity index (χ2n) is 8.68. The van der Waals surface area contributed by atoms with Crippen molar-refractivity contribution in [1.29, 1.82) is 0 Å². The molecule has 1 N–H and O–H groups in total. The van der Waals surface area contributed by atoms with Crippen LogP contribution in [0.1, 0.15) is 63.3 Å². The minimum Gasteiger partial charge on any atom is -0.388 e. The summed E-state index contributed by atoms with van der Waals surface area (Å²) in [6.45, 7) is 6.78. The third kappa shape index (κ3) is 4.59. The van der Waals surface area contributed by atoms with Gasteiger partial charge in [-0.05, 0) is 87.2 Å². The molecule has 5 nitrogen and oxygen atoms in total. The second kappa shape index (κ2) is 10.00. The Hall–Kier alpha value is -3.15. The Morgan fingerprint density at radius 2 is 1.79 bits per heavy atom. The van der Waals surface area contributed by atoms with E-state index in [0.717, 1.165) is 16.8 Å². The fourth-order valence-electron chi connectivity index (χ4n) is 4.57. The highest BCUT2D eigenvalue weighted by atomic mass is 35.5. The molecular formula is C28H29ClN2O3. The summed E-state index contributed by atoms with van der Waals surface area (Å²) in [4.78, 5) is 30.3. The van der Waals surface area contributed by atoms with Crippen molar-refractivity contribution in [1.82, 2.24) is 0 Å². The molecule has 0 saturated heterocycles. The molecule has 0 radical (unpaired) electrons. The summed E-state index contributed by atoms with van der Waals surface area (Å²) in [6, 6.07) is 18.3. The van der Waals surface area contributed by atoms with E-state index >= 15 is 0 Å². The molecule has 2 amide bonds. The first-order valence-corrected chi connectivity index (χ1v) is 12.0. The molecule has 176 valence electrons. The van der Waals surface area contributed by atoms with Gasteiger partial charge < -0.3 is 14.9 Å². The quantitative estimate of drug-likeness (QED) is 0.495. The van der Waals surface area contributed by atoms with Gasteiger partial charge in [0.15, 0.2) is 0 Å². The van der Waals surface area contributed by atoms with Crippen LogP contribution in [0.3, 0.4) is 0 Å². The molecule has 6 heteroatoms. The number of aliphatic hydroxyl groups is 1. The van der Waals surface area contributed by atoms with Crippen molar-refractivity contribution < 1.29 is 14.7 Å². The lowest BCUT2D eigenvalue weighted by molar-refractivity contribution is 0.0980. The number of carbonyl (C=O) groups is 2. The van der Waals surface area contributed by atoms with Crippen molar-refractivity contribution in [2.24, 2.45) is 0 Å². The normalized spacial score (nSPS) is 15.4. The number of fused-ring (bicyclic) bond motifs is 1. The Balaban J connectivity index is 1.66. The first-order valence-electron chi connectivity index (χ1n) is 11.6. The lowest BCUT2D eigenvalue weighted by atomic mass is 10.0. The molecule has 0 bridgehead atoms. The SMILES string of the molecule is CCN(C(=O)c1ccccc1C)c1ccc(C(=O)N2CCCC(O)c3cc(Cl)ccc32)c(C)c1. The van der Waals surface area contributed by atoms with Crippen LogP contribution in [0.2, 0.25) is 5.02 Å². The van der Waals surface area contributed by atoms with Crippen molar-refractivity contribution >= 4 is 34.8 Å². The van der Waals surface area contributed by atoms with Crippen molar-refractivity contribution in [3.8, 4) is 0 Å². The molecule has 1 unspecified atom stereocenters. The van der Waals surface area contributed by atoms with E-state index < -0.39 is 6.10 Å². The molecule has 4 rings (SSSR count). The number of hydrogen-bond donors (Lipinski definition) is 1. The maximum atomic E-state index is 13.6. The molecule has 0 spiro atoms. The van der Waals surface area contributed by atoms with Crippen LogP contribution in [0.15, 0.2) is 60.7 Å². The highest BCUT2D eigenvalue weighted by molar-refractivity contribution is 6.30. The summed E-state index contributed by atoms with van der Waals surface area (Å²) in [7, 11) is 0. The number of aryl methyl sites for hydroxylation is 2. The molecule has 1 atom stereocenters. The zero-order valence-electron chi connectivity index (χ0n) is 19.7. The molecule has 34 heavy (non-hydrogen) atoms. The van der Waals surface area contributed by atoms with Crippen LogP contribution in [-0.4, -0.2) is 30.0 Å². The maximum absolute atomic E-state index is 13.6. The van der Waals surface area contributed by atoms with Crippen LogP contribution in [0.4, 0.5) is 11.4 Å². The number of amides is 2. The Kier molecular flexibility index (Phi) is 7.05. The Labute approximate surface area is 205 Å². The molecule has 0 fully saturated rings. The van der Waals surface area contributed by atoms with Crippen LogP contribution < -0.4 is 9.80 Å². The Morgan fingerprint density at radius 1 is 1.03 bits per heavy atom. The summed E-state index contributed by atoms with van der Waals surface area (Å²) in [5.41, 5.74) is 5.07. The molecular weight excluding hydrogens is 448 g/mol. The number of anilines is 2. The van der Waals surface area contributed by atoms with Gasteiger partial charge in [-0.15, -0.1) is 0 Å². The summed E-state index contributed by atoms with van der Waals surface area (Å²) >= 11 is 6.16. The smallest absolute Gasteiger partial charge is 0.258 e. The lowest BCUT2D eigenvalue weighted by Gasteiger charge is -2.26. The maximum Gasteiger partial charge on any atom is 0.258 e. The Bertz CT molecular complexity index is 1240. The fraction of sp³-hybridized carbons (Fsp3) is 0.286. The first-order chi connectivity index (χ1) is 16.3. The van der Waals surface area contributed by atoms with Gasteiger partial charge in [0.05, 0.1) is 6.10 Å². The topological polar surface area (TPSA) is 60.9 Å². The highest BCUT2D eigenvalue weighted by Crippen LogP contribution is 2.36. The van der Waals surface area contributed by atoms with E-state index in [4.69, 9.17) is 11.6 Å². The summed E-state index contributed by atoms with van der Waals surface area (Å²) < 4.78 is 0. The third-order valence-corrected chi connectivity index (χ3v) is 6.67. The highest BCUT2D eigenvalue weighted by Gasteiger charge is 2.28. The zero-order chi connectivity index (χ0) is 24.4. The summed E-state index contributed by atoms with van der Waals surface area (Å²) in [5.74, 6) is -0.193. The molecule has 0 aliphatic carbocycles. The first kappa shape index (κ1) is 24.0. The minimum absolute atomic E-state index is 0.0635. The number of halogens is 1. The lowest BCUT2D eigenvalue weighted by Crippen LogP contribution is -2.33. The molecule has 3 aromatic rings. The number of carbonyl (C=O) groups excluding carboxylic acids is 2. The number of rotatable bonds is 4. The number of benzene rings is 3. The second-order valence-corrected chi connectivity index (χ2v) is 9.12. The van der Waals surface area contributed by atoms with Gasteiger partial charge in [0.2, 0.25) is 0 Å². The zero-order valence-corrected chi connectivity index (χ0v) is 20.5. The van der Waals surface area contributed by atoms with Crippen molar-refractivity contribution in [3.05, 3.63) is 93.5 Å². The number of hydrogen-bond acceptors (Lipinski definition) is 3. The van der Waals surface area contributed by atoms with Gasteiger partial charge in [-0.2, -0.15) is 0 Å². The van der Waals surface area contributed by atoms with E-state index in [-0.39, 0.29) is 11.8 Å². The molecule has 3 aromatic carbocycles. The van der Waals surface area contributed by atoms with Gasteiger partial charge in [-0.1, -0.05) is 29.8 Å². The van der Waals surface area contributed by atoms with Gasteiger partial charge in [0.1, 0.15) is 0 Å². The molecule has 0 aromatic heterocycles. The monoisotopic (exact) mass is 476 g/mol. The van der Waals surface area contributed by atoms with Crippen molar-refractivity contribution in [2.75, 3.05) is 22.9 Å². The van der Waals surface area contributed by atoms with E-state index in [1.807, 2.05) is 57.2 Å². The van der Waals surface area contributed by atoms with E-state index in [1.165, 1.54) is 0 Å². The summed E-state index contributed by atoms with van der Waals surface area (Å²) in [6.07, 6.45) is 0.604. The number of aliphatic hydroxyl groups excluding tert-OH is 1. The van der Waals surface area contributed by atoms with Gasteiger partial charge >= 0.3 is 0 Å². The van der Waals surface area contributed by atoms with Crippen molar-refractivity contribution in [2.45, 2.75) is 39.7 Å². The molecule has 1 aliphatic heterocycles. The van der Waals surface area contributed by atoms with Crippen molar-refractivity contribution in [3.63, 3.8) is 0 Å². The van der Waals surface area contributed by atoms with Crippen LogP contribution in [0.25, 0.3) is 0 Å². The standard InChI is InChI=1S/C28H29ClN2O3/c1-4-30(27(33)22-9-6-5-8-18(22)2)21-12-13-23(19(3)16-21)28(34)31-15-7-10-26(32)24-17-20(29)11-14-25(24)31/h5-6,8-9,11-14,16-17,26,32H,4,7,10,15H2,1-3H3. The Morgan fingerprint density at radius 3 is 2.50 bits per heavy atom. The minimum atomic E-state index is -0.652. The largest absolute Gasteiger partial charge is 0.388 e. The van der Waals surface area contributed by atoms with Crippen LogP contribution >= 0.6 is 11.6 Å².